The highest BCUT2D eigenvalue weighted by Crippen LogP contribution is 2.32. The number of alkyl halides is 3. The van der Waals surface area contributed by atoms with E-state index in [2.05, 4.69) is 31.2 Å². The number of rotatable bonds is 4. The summed E-state index contributed by atoms with van der Waals surface area (Å²) in [4.78, 5) is 11.8. The fraction of sp³-hybridized carbons (Fsp3) is 0.750. The fourth-order valence-corrected chi connectivity index (χ4v) is 3.03. The lowest BCUT2D eigenvalue weighted by Crippen LogP contribution is -2.46. The first-order chi connectivity index (χ1) is 11.0. The molecule has 24 heavy (non-hydrogen) atoms. The maximum Gasteiger partial charge on any atom is 0.405 e. The van der Waals surface area contributed by atoms with Gasteiger partial charge in [0, 0.05) is 17.3 Å². The Morgan fingerprint density at radius 2 is 2.08 bits per heavy atom. The Labute approximate surface area is 140 Å². The molecule has 1 aromatic rings. The zero-order valence-corrected chi connectivity index (χ0v) is 14.5. The molecule has 0 bridgehead atoms. The molecule has 1 amide bonds. The van der Waals surface area contributed by atoms with E-state index in [1.165, 1.54) is 0 Å². The van der Waals surface area contributed by atoms with Crippen LogP contribution in [0.2, 0.25) is 0 Å². The Bertz CT molecular complexity index is 589. The molecule has 0 aromatic carbocycles. The molecule has 1 aliphatic carbocycles. The van der Waals surface area contributed by atoms with Crippen molar-refractivity contribution in [2.75, 3.05) is 6.54 Å². The van der Waals surface area contributed by atoms with Gasteiger partial charge in [-0.3, -0.25) is 14.8 Å². The Kier molecular flexibility index (Phi) is 5.27. The van der Waals surface area contributed by atoms with Crippen molar-refractivity contribution in [3.8, 4) is 0 Å². The summed E-state index contributed by atoms with van der Waals surface area (Å²) < 4.78 is 38.6. The van der Waals surface area contributed by atoms with Gasteiger partial charge in [0.1, 0.15) is 6.54 Å². The lowest BCUT2D eigenvalue weighted by Gasteiger charge is -2.29. The van der Waals surface area contributed by atoms with Crippen LogP contribution < -0.4 is 10.6 Å². The summed E-state index contributed by atoms with van der Waals surface area (Å²) in [6.07, 6.45) is 0.0987. The minimum atomic E-state index is -4.40. The fourth-order valence-electron chi connectivity index (χ4n) is 3.03. The summed E-state index contributed by atoms with van der Waals surface area (Å²) in [6.45, 7) is 6.49. The van der Waals surface area contributed by atoms with Crippen LogP contribution in [0.25, 0.3) is 0 Å². The normalized spacial score (nSPS) is 19.7. The lowest BCUT2D eigenvalue weighted by atomic mass is 9.91. The Morgan fingerprint density at radius 3 is 2.67 bits per heavy atom. The molecule has 136 valence electrons. The predicted molar refractivity (Wildman–Crippen MR) is 84.6 cm³/mol. The minimum absolute atomic E-state index is 0.0727. The summed E-state index contributed by atoms with van der Waals surface area (Å²) in [5.41, 5.74) is 2.03. The Morgan fingerprint density at radius 1 is 1.42 bits per heavy atom. The van der Waals surface area contributed by atoms with Crippen molar-refractivity contribution in [2.24, 2.45) is 0 Å². The Balaban J connectivity index is 2.05. The van der Waals surface area contributed by atoms with Gasteiger partial charge in [0.25, 0.3) is 0 Å². The van der Waals surface area contributed by atoms with Crippen molar-refractivity contribution in [3.63, 3.8) is 0 Å². The number of hydrogen-bond acceptors (Lipinski definition) is 3. The number of carbonyl (C=O) groups excluding carboxylic acids is 1. The maximum absolute atomic E-state index is 12.2. The first-order valence-corrected chi connectivity index (χ1v) is 8.17. The van der Waals surface area contributed by atoms with Crippen LogP contribution in [0.3, 0.4) is 0 Å². The molecule has 2 atom stereocenters. The molecule has 0 saturated heterocycles. The van der Waals surface area contributed by atoms with E-state index in [1.807, 2.05) is 10.00 Å². The summed E-state index contributed by atoms with van der Waals surface area (Å²) in [5.74, 6) is -0.650. The largest absolute Gasteiger partial charge is 0.405 e. The maximum atomic E-state index is 12.2. The molecule has 1 heterocycles. The van der Waals surface area contributed by atoms with Crippen LogP contribution in [-0.2, 0) is 16.8 Å². The van der Waals surface area contributed by atoms with E-state index in [4.69, 9.17) is 0 Å². The first-order valence-electron chi connectivity index (χ1n) is 8.17. The topological polar surface area (TPSA) is 59.0 Å². The second-order valence-corrected chi connectivity index (χ2v) is 7.30. The van der Waals surface area contributed by atoms with Crippen LogP contribution in [0.4, 0.5) is 13.2 Å². The van der Waals surface area contributed by atoms with E-state index in [1.54, 1.807) is 13.1 Å². The van der Waals surface area contributed by atoms with Gasteiger partial charge in [-0.1, -0.05) is 0 Å². The molecule has 0 spiro atoms. The van der Waals surface area contributed by atoms with Crippen molar-refractivity contribution in [1.29, 1.82) is 0 Å². The third-order valence-corrected chi connectivity index (χ3v) is 4.13. The zero-order valence-electron chi connectivity index (χ0n) is 14.5. The number of amides is 1. The number of hydrogen-bond donors (Lipinski definition) is 2. The highest BCUT2D eigenvalue weighted by molar-refractivity contribution is 5.81. The third-order valence-electron chi connectivity index (χ3n) is 4.13. The number of nitrogens with zero attached hydrogens (tertiary/aromatic N) is 2. The van der Waals surface area contributed by atoms with Gasteiger partial charge in [-0.05, 0) is 47.0 Å². The molecule has 5 nitrogen and oxygen atoms in total. The average molecular weight is 346 g/mol. The van der Waals surface area contributed by atoms with E-state index in [0.717, 1.165) is 30.5 Å². The van der Waals surface area contributed by atoms with Crippen LogP contribution in [0.1, 0.15) is 57.8 Å². The number of fused-ring (bicyclic) bond motifs is 1. The van der Waals surface area contributed by atoms with Crippen molar-refractivity contribution >= 4 is 5.91 Å². The molecule has 1 aliphatic rings. The molecule has 1 aromatic heterocycles. The second kappa shape index (κ2) is 6.74. The van der Waals surface area contributed by atoms with Crippen LogP contribution in [0.15, 0.2) is 6.20 Å². The van der Waals surface area contributed by atoms with Gasteiger partial charge >= 0.3 is 6.18 Å². The van der Waals surface area contributed by atoms with E-state index in [-0.39, 0.29) is 11.6 Å². The van der Waals surface area contributed by atoms with Crippen LogP contribution >= 0.6 is 0 Å². The standard InChI is InChI=1S/C16H25F3N4O/c1-10(14(24)20-9-16(17,18)19)22-12-6-5-7-13-11(12)8-21-23(13)15(2,3)4/h8,10,12,22H,5-7,9H2,1-4H3,(H,20,24)/t10-,12+/m1/s1. The summed E-state index contributed by atoms with van der Waals surface area (Å²) >= 11 is 0. The van der Waals surface area contributed by atoms with Crippen molar-refractivity contribution < 1.29 is 18.0 Å². The van der Waals surface area contributed by atoms with Gasteiger partial charge in [-0.2, -0.15) is 18.3 Å². The van der Waals surface area contributed by atoms with Gasteiger partial charge in [0.2, 0.25) is 5.91 Å². The van der Waals surface area contributed by atoms with Gasteiger partial charge in [0.15, 0.2) is 0 Å². The number of halogens is 3. The number of nitrogens with one attached hydrogen (secondary N) is 2. The first kappa shape index (κ1) is 18.8. The third kappa shape index (κ3) is 4.49. The molecule has 0 saturated carbocycles. The zero-order chi connectivity index (χ0) is 18.1. The molecule has 0 fully saturated rings. The van der Waals surface area contributed by atoms with Crippen molar-refractivity contribution in [2.45, 2.75) is 70.8 Å². The van der Waals surface area contributed by atoms with Crippen LogP contribution in [0, 0.1) is 0 Å². The molecule has 2 N–H and O–H groups in total. The molecular weight excluding hydrogens is 321 g/mol. The SMILES string of the molecule is C[C@@H](N[C@H]1CCCc2c1cnn2C(C)(C)C)C(=O)NCC(F)(F)F. The van der Waals surface area contributed by atoms with Crippen LogP contribution in [-0.4, -0.2) is 34.5 Å². The van der Waals surface area contributed by atoms with Crippen molar-refractivity contribution in [3.05, 3.63) is 17.5 Å². The monoisotopic (exact) mass is 346 g/mol. The number of carbonyl (C=O) groups is 1. The molecule has 2 rings (SSSR count). The summed E-state index contributed by atoms with van der Waals surface area (Å²) in [6, 6.07) is -0.780. The second-order valence-electron chi connectivity index (χ2n) is 7.30. The summed E-state index contributed by atoms with van der Waals surface area (Å²) in [7, 11) is 0. The van der Waals surface area contributed by atoms with Gasteiger partial charge in [-0.25, -0.2) is 0 Å². The lowest BCUT2D eigenvalue weighted by molar-refractivity contribution is -0.139. The number of aromatic nitrogens is 2. The van der Waals surface area contributed by atoms with E-state index in [9.17, 15) is 18.0 Å². The molecule has 0 aliphatic heterocycles. The smallest absolute Gasteiger partial charge is 0.346 e. The molecular formula is C16H25F3N4O. The highest BCUT2D eigenvalue weighted by Gasteiger charge is 2.31. The minimum Gasteiger partial charge on any atom is -0.346 e. The quantitative estimate of drug-likeness (QED) is 0.881. The Hall–Kier alpha value is -1.57. The molecule has 0 unspecified atom stereocenters. The van der Waals surface area contributed by atoms with E-state index >= 15 is 0 Å². The highest BCUT2D eigenvalue weighted by atomic mass is 19.4. The van der Waals surface area contributed by atoms with Gasteiger partial charge in [0.05, 0.1) is 17.8 Å². The molecule has 8 heteroatoms. The van der Waals surface area contributed by atoms with Crippen LogP contribution in [0.5, 0.6) is 0 Å². The van der Waals surface area contributed by atoms with Gasteiger partial charge in [-0.15, -0.1) is 0 Å². The summed E-state index contributed by atoms with van der Waals surface area (Å²) in [5, 5.41) is 9.53. The predicted octanol–water partition coefficient (Wildman–Crippen LogP) is 2.67. The molecule has 0 radical (unpaired) electrons. The average Bonchev–Trinajstić information content (AvgIpc) is 2.88. The van der Waals surface area contributed by atoms with Crippen molar-refractivity contribution in [1.82, 2.24) is 20.4 Å². The van der Waals surface area contributed by atoms with E-state index < -0.39 is 24.7 Å². The van der Waals surface area contributed by atoms with Gasteiger partial charge < -0.3 is 5.32 Å². The van der Waals surface area contributed by atoms with E-state index in [0.29, 0.717) is 0 Å².